The number of amides is 4. The van der Waals surface area contributed by atoms with Gasteiger partial charge in [0.25, 0.3) is 11.8 Å². The van der Waals surface area contributed by atoms with Gasteiger partial charge >= 0.3 is 12.2 Å². The molecule has 3 aromatic rings. The predicted molar refractivity (Wildman–Crippen MR) is 160 cm³/mol. The largest absolute Gasteiger partial charge is 0.435 e. The van der Waals surface area contributed by atoms with Gasteiger partial charge in [0.2, 0.25) is 0 Å². The highest BCUT2D eigenvalue weighted by atomic mass is 19.4. The van der Waals surface area contributed by atoms with E-state index in [2.05, 4.69) is 15.4 Å². The van der Waals surface area contributed by atoms with Gasteiger partial charge in [0.05, 0.1) is 23.5 Å². The van der Waals surface area contributed by atoms with Crippen molar-refractivity contribution in [1.29, 1.82) is 5.26 Å². The van der Waals surface area contributed by atoms with Gasteiger partial charge in [0.15, 0.2) is 11.5 Å². The molecule has 0 saturated carbocycles. The normalized spacial score (nSPS) is 17.2. The van der Waals surface area contributed by atoms with Crippen LogP contribution in [0, 0.1) is 11.3 Å². The van der Waals surface area contributed by atoms with Crippen LogP contribution in [0.15, 0.2) is 30.6 Å². The second-order valence-electron chi connectivity index (χ2n) is 11.4. The van der Waals surface area contributed by atoms with Crippen molar-refractivity contribution >= 4 is 23.5 Å². The molecule has 4 amide bonds. The van der Waals surface area contributed by atoms with Crippen molar-refractivity contribution in [2.45, 2.75) is 44.9 Å². The number of carbonyl (C=O) groups is 3. The standard InChI is InChI=1S/C30H35F3N10O3/c1-3-19-15-21(6-7-22(19)28(45)40-11-13-41(14-12-40)29(46)42-9-4-5-20(35)17-42)37-27(44)26-36-16-24(39(26)2)23-18-43(10-8-34)38-25(23)30(31,32)33/h6-7,15-16,18,20H,3-5,9-14,17,35H2,1-2H3,(H,37,44)/t20-/m1/s1. The lowest BCUT2D eigenvalue weighted by Gasteiger charge is -2.39. The first-order chi connectivity index (χ1) is 21.9. The number of piperazine rings is 1. The third-order valence-electron chi connectivity index (χ3n) is 8.27. The highest BCUT2D eigenvalue weighted by Gasteiger charge is 2.39. The van der Waals surface area contributed by atoms with Crippen LogP contribution in [0.25, 0.3) is 11.3 Å². The first kappa shape index (κ1) is 32.5. The Labute approximate surface area is 263 Å². The molecule has 2 aromatic heterocycles. The minimum Gasteiger partial charge on any atom is -0.335 e. The topological polar surface area (TPSA) is 158 Å². The molecule has 16 heteroatoms. The number of halogens is 3. The number of aryl methyl sites for hydroxylation is 1. The molecule has 3 N–H and O–H groups in total. The summed E-state index contributed by atoms with van der Waals surface area (Å²) in [6.07, 6.45) is -0.266. The van der Waals surface area contributed by atoms with Crippen LogP contribution in [0.4, 0.5) is 23.7 Å². The van der Waals surface area contributed by atoms with Crippen molar-refractivity contribution < 1.29 is 27.6 Å². The smallest absolute Gasteiger partial charge is 0.335 e. The number of nitriles is 1. The number of piperidine rings is 1. The van der Waals surface area contributed by atoms with E-state index in [4.69, 9.17) is 11.0 Å². The first-order valence-corrected chi connectivity index (χ1v) is 15.0. The molecule has 0 radical (unpaired) electrons. The second-order valence-corrected chi connectivity index (χ2v) is 11.4. The van der Waals surface area contributed by atoms with Crippen molar-refractivity contribution in [1.82, 2.24) is 34.0 Å². The lowest BCUT2D eigenvalue weighted by Crippen LogP contribution is -2.56. The minimum atomic E-state index is -4.79. The average molecular weight is 641 g/mol. The third-order valence-corrected chi connectivity index (χ3v) is 8.27. The zero-order valence-corrected chi connectivity index (χ0v) is 25.5. The van der Waals surface area contributed by atoms with E-state index in [1.807, 2.05) is 6.92 Å². The molecule has 0 spiro atoms. The number of nitrogens with one attached hydrogen (secondary N) is 1. The number of nitrogens with zero attached hydrogens (tertiary/aromatic N) is 8. The molecule has 5 rings (SSSR count). The van der Waals surface area contributed by atoms with Gasteiger partial charge in [-0.3, -0.25) is 14.3 Å². The summed E-state index contributed by atoms with van der Waals surface area (Å²) in [5.74, 6) is -0.982. The van der Waals surface area contributed by atoms with Gasteiger partial charge in [-0.1, -0.05) is 6.92 Å². The monoisotopic (exact) mass is 640 g/mol. The maximum atomic E-state index is 13.7. The van der Waals surface area contributed by atoms with Crippen molar-refractivity contribution in [2.75, 3.05) is 44.6 Å². The molecule has 4 heterocycles. The number of imidazole rings is 1. The number of nitrogens with two attached hydrogens (primary N) is 1. The Morgan fingerprint density at radius 1 is 1.11 bits per heavy atom. The fraction of sp³-hybridized carbons (Fsp3) is 0.467. The van der Waals surface area contributed by atoms with Crippen LogP contribution in [0.3, 0.4) is 0 Å². The zero-order chi connectivity index (χ0) is 33.2. The van der Waals surface area contributed by atoms with Gasteiger partial charge in [0.1, 0.15) is 6.54 Å². The number of aromatic nitrogens is 4. The van der Waals surface area contributed by atoms with Crippen molar-refractivity contribution in [3.63, 3.8) is 0 Å². The summed E-state index contributed by atoms with van der Waals surface area (Å²) in [4.78, 5) is 48.9. The second kappa shape index (κ2) is 13.2. The van der Waals surface area contributed by atoms with E-state index in [-0.39, 0.29) is 41.6 Å². The van der Waals surface area contributed by atoms with E-state index in [9.17, 15) is 27.6 Å². The Balaban J connectivity index is 1.26. The maximum Gasteiger partial charge on any atom is 0.435 e. The quantitative estimate of drug-likeness (QED) is 0.419. The van der Waals surface area contributed by atoms with E-state index < -0.39 is 17.8 Å². The van der Waals surface area contributed by atoms with Gasteiger partial charge in [-0.2, -0.15) is 23.5 Å². The Hall–Kier alpha value is -4.91. The van der Waals surface area contributed by atoms with Crippen LogP contribution < -0.4 is 11.1 Å². The first-order valence-electron chi connectivity index (χ1n) is 15.0. The number of anilines is 1. The van der Waals surface area contributed by atoms with Gasteiger partial charge < -0.3 is 30.3 Å². The lowest BCUT2D eigenvalue weighted by molar-refractivity contribution is -0.141. The molecule has 2 saturated heterocycles. The number of benzene rings is 1. The Morgan fingerprint density at radius 2 is 1.83 bits per heavy atom. The Morgan fingerprint density at radius 3 is 2.48 bits per heavy atom. The number of hydrogen-bond acceptors (Lipinski definition) is 7. The van der Waals surface area contributed by atoms with Crippen LogP contribution in [-0.2, 0) is 26.2 Å². The summed E-state index contributed by atoms with van der Waals surface area (Å²) < 4.78 is 43.1. The molecular weight excluding hydrogens is 605 g/mol. The average Bonchev–Trinajstić information content (AvgIpc) is 3.64. The molecule has 0 aliphatic carbocycles. The number of carbonyl (C=O) groups excluding carboxylic acids is 3. The van der Waals surface area contributed by atoms with Gasteiger partial charge in [-0.05, 0) is 43.0 Å². The fourth-order valence-corrected chi connectivity index (χ4v) is 5.86. The number of urea groups is 1. The van der Waals surface area contributed by atoms with E-state index in [1.165, 1.54) is 11.6 Å². The van der Waals surface area contributed by atoms with Crippen LogP contribution >= 0.6 is 0 Å². The zero-order valence-electron chi connectivity index (χ0n) is 25.5. The SMILES string of the molecule is CCc1cc(NC(=O)c2ncc(-c3cn(CC#N)nc3C(F)(F)F)n2C)ccc1C(=O)N1CCN(C(=O)N2CCC[C@@H](N)C2)CC1. The molecular formula is C30H35F3N10O3. The molecule has 0 unspecified atom stereocenters. The van der Waals surface area contributed by atoms with E-state index in [0.29, 0.717) is 62.5 Å². The molecule has 0 bridgehead atoms. The number of hydrogen-bond donors (Lipinski definition) is 2. The van der Waals surface area contributed by atoms with Gasteiger partial charge in [0, 0.05) is 69.8 Å². The summed E-state index contributed by atoms with van der Waals surface area (Å²) in [5, 5.41) is 15.1. The molecule has 2 fully saturated rings. The van der Waals surface area contributed by atoms with Crippen LogP contribution in [0.2, 0.25) is 0 Å². The van der Waals surface area contributed by atoms with Crippen LogP contribution in [0.5, 0.6) is 0 Å². The maximum absolute atomic E-state index is 13.7. The summed E-state index contributed by atoms with van der Waals surface area (Å²) in [5.41, 5.74) is 6.09. The van der Waals surface area contributed by atoms with Gasteiger partial charge in [-0.15, -0.1) is 0 Å². The minimum absolute atomic E-state index is 0.00171. The lowest BCUT2D eigenvalue weighted by atomic mass is 10.0. The highest BCUT2D eigenvalue weighted by Crippen LogP contribution is 2.36. The summed E-state index contributed by atoms with van der Waals surface area (Å²) in [6.45, 7) is 4.34. The van der Waals surface area contributed by atoms with Crippen molar-refractivity contribution in [3.05, 3.63) is 53.2 Å². The van der Waals surface area contributed by atoms with E-state index in [0.717, 1.165) is 29.9 Å². The third kappa shape index (κ3) is 6.69. The summed E-state index contributed by atoms with van der Waals surface area (Å²) in [7, 11) is 1.41. The van der Waals surface area contributed by atoms with Crippen LogP contribution in [0.1, 0.15) is 52.0 Å². The fourth-order valence-electron chi connectivity index (χ4n) is 5.86. The van der Waals surface area contributed by atoms with Gasteiger partial charge in [-0.25, -0.2) is 9.78 Å². The Kier molecular flexibility index (Phi) is 9.33. The Bertz CT molecular complexity index is 1670. The molecule has 1 atom stereocenters. The number of alkyl halides is 3. The van der Waals surface area contributed by atoms with Crippen molar-refractivity contribution in [3.8, 4) is 17.3 Å². The molecule has 1 aromatic carbocycles. The predicted octanol–water partition coefficient (Wildman–Crippen LogP) is 2.94. The molecule has 244 valence electrons. The van der Waals surface area contributed by atoms with Crippen LogP contribution in [-0.4, -0.2) is 97.2 Å². The van der Waals surface area contributed by atoms with Crippen molar-refractivity contribution in [2.24, 2.45) is 12.8 Å². The number of rotatable bonds is 6. The van der Waals surface area contributed by atoms with E-state index >= 15 is 0 Å². The summed E-state index contributed by atoms with van der Waals surface area (Å²) in [6, 6.07) is 6.59. The molecule has 46 heavy (non-hydrogen) atoms. The molecule has 13 nitrogen and oxygen atoms in total. The van der Waals surface area contributed by atoms with E-state index in [1.54, 1.807) is 39.0 Å². The number of likely N-dealkylation sites (tertiary alicyclic amines) is 1. The highest BCUT2D eigenvalue weighted by molar-refractivity contribution is 6.03. The summed E-state index contributed by atoms with van der Waals surface area (Å²) >= 11 is 0. The molecule has 2 aliphatic rings. The molecule has 2 aliphatic heterocycles.